The summed E-state index contributed by atoms with van der Waals surface area (Å²) in [4.78, 5) is 13.7. The van der Waals surface area contributed by atoms with Gasteiger partial charge in [0.2, 0.25) is 5.91 Å². The van der Waals surface area contributed by atoms with Gasteiger partial charge in [0.25, 0.3) is 0 Å². The number of hydrogen-bond acceptors (Lipinski definition) is 2. The van der Waals surface area contributed by atoms with E-state index < -0.39 is 0 Å². The van der Waals surface area contributed by atoms with E-state index in [1.165, 1.54) is 5.56 Å². The first-order chi connectivity index (χ1) is 9.24. The maximum absolute atomic E-state index is 12.0. The smallest absolute Gasteiger partial charge is 0.227 e. The summed E-state index contributed by atoms with van der Waals surface area (Å²) in [6.45, 7) is 8.74. The Balaban J connectivity index is 2.45. The second kappa shape index (κ2) is 6.78. The third-order valence-electron chi connectivity index (χ3n) is 3.53. The molecule has 0 radical (unpaired) electrons. The Morgan fingerprint density at radius 1 is 1.25 bits per heavy atom. The van der Waals surface area contributed by atoms with Gasteiger partial charge in [-0.15, -0.1) is 0 Å². The molecule has 0 atom stereocenters. The molecule has 20 heavy (non-hydrogen) atoms. The Bertz CT molecular complexity index is 464. The maximum atomic E-state index is 12.0. The molecule has 1 rings (SSSR count). The van der Waals surface area contributed by atoms with Crippen LogP contribution >= 0.6 is 0 Å². The molecular formula is C17H27NO2. The van der Waals surface area contributed by atoms with Gasteiger partial charge in [0.1, 0.15) is 5.75 Å². The Morgan fingerprint density at radius 3 is 2.50 bits per heavy atom. The standard InChI is InChI=1S/C17H27NO2/c1-13-8-9-14(2)15(12-13)20-11-7-10-17(3,4)16(19)18(5)6/h8-9,12H,7,10-11H2,1-6H3. The van der Waals surface area contributed by atoms with Crippen LogP contribution in [0.1, 0.15) is 37.8 Å². The minimum atomic E-state index is -0.325. The molecule has 0 aromatic heterocycles. The number of carbonyl (C=O) groups excluding carboxylic acids is 1. The quantitative estimate of drug-likeness (QED) is 0.744. The minimum absolute atomic E-state index is 0.171. The first-order valence-corrected chi connectivity index (χ1v) is 7.16. The first-order valence-electron chi connectivity index (χ1n) is 7.16. The van der Waals surface area contributed by atoms with Crippen molar-refractivity contribution in [3.63, 3.8) is 0 Å². The topological polar surface area (TPSA) is 29.5 Å². The Hall–Kier alpha value is -1.51. The van der Waals surface area contributed by atoms with E-state index in [2.05, 4.69) is 25.1 Å². The van der Waals surface area contributed by atoms with Crippen LogP contribution in [0.2, 0.25) is 0 Å². The normalized spacial score (nSPS) is 11.3. The highest BCUT2D eigenvalue weighted by molar-refractivity contribution is 5.81. The summed E-state index contributed by atoms with van der Waals surface area (Å²) >= 11 is 0. The van der Waals surface area contributed by atoms with Crippen molar-refractivity contribution in [3.8, 4) is 5.75 Å². The van der Waals surface area contributed by atoms with Crippen molar-refractivity contribution in [3.05, 3.63) is 29.3 Å². The van der Waals surface area contributed by atoms with Gasteiger partial charge in [-0.2, -0.15) is 0 Å². The van der Waals surface area contributed by atoms with Crippen LogP contribution in [0.5, 0.6) is 5.75 Å². The molecule has 0 unspecified atom stereocenters. The van der Waals surface area contributed by atoms with Gasteiger partial charge in [0.15, 0.2) is 0 Å². The Labute approximate surface area is 122 Å². The maximum Gasteiger partial charge on any atom is 0.227 e. The molecule has 1 amide bonds. The molecule has 0 fully saturated rings. The second-order valence-electron chi connectivity index (χ2n) is 6.30. The van der Waals surface area contributed by atoms with Crippen molar-refractivity contribution in [1.82, 2.24) is 4.90 Å². The Kier molecular flexibility index (Phi) is 5.61. The van der Waals surface area contributed by atoms with Crippen LogP contribution in [-0.2, 0) is 4.79 Å². The van der Waals surface area contributed by atoms with Crippen LogP contribution in [-0.4, -0.2) is 31.5 Å². The lowest BCUT2D eigenvalue weighted by Gasteiger charge is -2.27. The lowest BCUT2D eigenvalue weighted by atomic mass is 9.86. The lowest BCUT2D eigenvalue weighted by Crippen LogP contribution is -2.36. The molecule has 0 spiro atoms. The van der Waals surface area contributed by atoms with Crippen molar-refractivity contribution in [2.45, 2.75) is 40.5 Å². The zero-order valence-electron chi connectivity index (χ0n) is 13.6. The van der Waals surface area contributed by atoms with Crippen LogP contribution in [0.25, 0.3) is 0 Å². The van der Waals surface area contributed by atoms with Gasteiger partial charge in [-0.25, -0.2) is 0 Å². The molecule has 3 heteroatoms. The molecule has 0 aliphatic carbocycles. The van der Waals surface area contributed by atoms with E-state index in [1.54, 1.807) is 19.0 Å². The van der Waals surface area contributed by atoms with E-state index in [-0.39, 0.29) is 11.3 Å². The van der Waals surface area contributed by atoms with Gasteiger partial charge in [-0.3, -0.25) is 4.79 Å². The number of ether oxygens (including phenoxy) is 1. The largest absolute Gasteiger partial charge is 0.493 e. The van der Waals surface area contributed by atoms with Crippen LogP contribution in [0.15, 0.2) is 18.2 Å². The van der Waals surface area contributed by atoms with Gasteiger partial charge in [-0.05, 0) is 43.9 Å². The highest BCUT2D eigenvalue weighted by Crippen LogP contribution is 2.25. The molecule has 0 heterocycles. The molecule has 0 aliphatic heterocycles. The van der Waals surface area contributed by atoms with Crippen molar-refractivity contribution in [2.24, 2.45) is 5.41 Å². The zero-order chi connectivity index (χ0) is 15.3. The van der Waals surface area contributed by atoms with Crippen LogP contribution < -0.4 is 4.74 Å². The fourth-order valence-electron chi connectivity index (χ4n) is 2.27. The fraction of sp³-hybridized carbons (Fsp3) is 0.588. The van der Waals surface area contributed by atoms with E-state index in [0.717, 1.165) is 24.2 Å². The summed E-state index contributed by atoms with van der Waals surface area (Å²) in [6, 6.07) is 6.22. The Morgan fingerprint density at radius 2 is 1.90 bits per heavy atom. The van der Waals surface area contributed by atoms with Gasteiger partial charge in [0.05, 0.1) is 6.61 Å². The van der Waals surface area contributed by atoms with E-state index in [4.69, 9.17) is 4.74 Å². The average Bonchev–Trinajstić information content (AvgIpc) is 2.37. The van der Waals surface area contributed by atoms with Crippen molar-refractivity contribution in [1.29, 1.82) is 0 Å². The molecule has 0 aliphatic rings. The molecule has 0 bridgehead atoms. The number of hydrogen-bond donors (Lipinski definition) is 0. The summed E-state index contributed by atoms with van der Waals surface area (Å²) < 4.78 is 5.83. The molecule has 0 N–H and O–H groups in total. The average molecular weight is 277 g/mol. The zero-order valence-corrected chi connectivity index (χ0v) is 13.6. The summed E-state index contributed by atoms with van der Waals surface area (Å²) in [5.41, 5.74) is 2.03. The number of aryl methyl sites for hydroxylation is 2. The number of amides is 1. The van der Waals surface area contributed by atoms with Crippen molar-refractivity contribution >= 4 is 5.91 Å². The summed E-state index contributed by atoms with van der Waals surface area (Å²) in [6.07, 6.45) is 1.70. The molecule has 1 aromatic rings. The van der Waals surface area contributed by atoms with Gasteiger partial charge < -0.3 is 9.64 Å². The van der Waals surface area contributed by atoms with Crippen LogP contribution in [0.3, 0.4) is 0 Å². The van der Waals surface area contributed by atoms with E-state index in [0.29, 0.717) is 6.61 Å². The molecule has 0 saturated heterocycles. The van der Waals surface area contributed by atoms with Crippen LogP contribution in [0.4, 0.5) is 0 Å². The minimum Gasteiger partial charge on any atom is -0.493 e. The predicted octanol–water partition coefficient (Wildman–Crippen LogP) is 3.58. The monoisotopic (exact) mass is 277 g/mol. The molecule has 3 nitrogen and oxygen atoms in total. The van der Waals surface area contributed by atoms with E-state index in [9.17, 15) is 4.79 Å². The van der Waals surface area contributed by atoms with Crippen molar-refractivity contribution in [2.75, 3.05) is 20.7 Å². The van der Waals surface area contributed by atoms with Crippen molar-refractivity contribution < 1.29 is 9.53 Å². The number of nitrogens with zero attached hydrogens (tertiary/aromatic N) is 1. The van der Waals surface area contributed by atoms with Gasteiger partial charge in [0, 0.05) is 19.5 Å². The third-order valence-corrected chi connectivity index (χ3v) is 3.53. The van der Waals surface area contributed by atoms with E-state index >= 15 is 0 Å². The first kappa shape index (κ1) is 16.5. The summed E-state index contributed by atoms with van der Waals surface area (Å²) in [7, 11) is 3.60. The summed E-state index contributed by atoms with van der Waals surface area (Å²) in [5.74, 6) is 1.12. The van der Waals surface area contributed by atoms with Crippen LogP contribution in [0, 0.1) is 19.3 Å². The summed E-state index contributed by atoms with van der Waals surface area (Å²) in [5, 5.41) is 0. The fourth-order valence-corrected chi connectivity index (χ4v) is 2.27. The second-order valence-corrected chi connectivity index (χ2v) is 6.30. The highest BCUT2D eigenvalue weighted by atomic mass is 16.5. The van der Waals surface area contributed by atoms with E-state index in [1.807, 2.05) is 20.8 Å². The molecular weight excluding hydrogens is 250 g/mol. The number of benzene rings is 1. The SMILES string of the molecule is Cc1ccc(C)c(OCCCC(C)(C)C(=O)N(C)C)c1. The number of carbonyl (C=O) groups is 1. The predicted molar refractivity (Wildman–Crippen MR) is 83.1 cm³/mol. The number of rotatable bonds is 6. The highest BCUT2D eigenvalue weighted by Gasteiger charge is 2.28. The lowest BCUT2D eigenvalue weighted by molar-refractivity contribution is -0.138. The molecule has 1 aromatic carbocycles. The molecule has 0 saturated carbocycles. The molecule has 112 valence electrons. The third kappa shape index (κ3) is 4.55. The van der Waals surface area contributed by atoms with Gasteiger partial charge >= 0.3 is 0 Å². The van der Waals surface area contributed by atoms with Gasteiger partial charge in [-0.1, -0.05) is 26.0 Å².